The van der Waals surface area contributed by atoms with E-state index in [9.17, 15) is 4.79 Å². The van der Waals surface area contributed by atoms with Crippen molar-refractivity contribution in [3.8, 4) is 11.8 Å². The number of hydrogen-bond donors (Lipinski definition) is 1. The van der Waals surface area contributed by atoms with Crippen LogP contribution in [-0.2, 0) is 0 Å². The van der Waals surface area contributed by atoms with E-state index >= 15 is 0 Å². The molecule has 1 aromatic rings. The molecule has 106 valence electrons. The number of carbonyl (C=O) groups is 1. The van der Waals surface area contributed by atoms with Crippen molar-refractivity contribution >= 4 is 5.91 Å². The summed E-state index contributed by atoms with van der Waals surface area (Å²) in [5.74, 6) is 5.70. The molecule has 1 aliphatic rings. The van der Waals surface area contributed by atoms with E-state index in [-0.39, 0.29) is 5.91 Å². The summed E-state index contributed by atoms with van der Waals surface area (Å²) >= 11 is 0. The van der Waals surface area contributed by atoms with Crippen molar-refractivity contribution in [1.29, 1.82) is 0 Å². The Morgan fingerprint density at radius 3 is 3.00 bits per heavy atom. The maximum Gasteiger partial charge on any atom is 0.255 e. The summed E-state index contributed by atoms with van der Waals surface area (Å²) in [6.07, 6.45) is 4.25. The molecule has 2 N–H and O–H groups in total. The van der Waals surface area contributed by atoms with Crippen LogP contribution >= 0.6 is 0 Å². The van der Waals surface area contributed by atoms with Gasteiger partial charge in [-0.25, -0.2) is 0 Å². The number of likely N-dealkylation sites (N-methyl/N-ethyl adjacent to an activating group) is 1. The molecule has 20 heavy (non-hydrogen) atoms. The number of carbonyl (C=O) groups excluding carboxylic acids is 1. The summed E-state index contributed by atoms with van der Waals surface area (Å²) in [6.45, 7) is 1.86. The largest absolute Gasteiger partial charge is 0.337 e. The molecule has 1 unspecified atom stereocenters. The smallest absolute Gasteiger partial charge is 0.255 e. The van der Waals surface area contributed by atoms with Gasteiger partial charge in [0.2, 0.25) is 0 Å². The lowest BCUT2D eigenvalue weighted by atomic mass is 10.2. The molecule has 0 radical (unpaired) electrons. The number of aromatic nitrogens is 1. The number of nitrogens with zero attached hydrogens (tertiary/aromatic N) is 3. The third kappa shape index (κ3) is 3.35. The zero-order chi connectivity index (χ0) is 14.5. The van der Waals surface area contributed by atoms with Gasteiger partial charge in [0.25, 0.3) is 5.91 Å². The van der Waals surface area contributed by atoms with Crippen LogP contribution in [-0.4, -0.2) is 60.5 Å². The quantitative estimate of drug-likeness (QED) is 0.780. The average molecular weight is 272 g/mol. The molecule has 1 amide bonds. The van der Waals surface area contributed by atoms with Crippen molar-refractivity contribution in [3.63, 3.8) is 0 Å². The van der Waals surface area contributed by atoms with Gasteiger partial charge in [0.15, 0.2) is 0 Å². The number of pyridine rings is 1. The molecular weight excluding hydrogens is 252 g/mol. The van der Waals surface area contributed by atoms with Crippen LogP contribution in [0.3, 0.4) is 0 Å². The van der Waals surface area contributed by atoms with Gasteiger partial charge in [-0.15, -0.1) is 0 Å². The van der Waals surface area contributed by atoms with Gasteiger partial charge >= 0.3 is 0 Å². The highest BCUT2D eigenvalue weighted by Gasteiger charge is 2.28. The van der Waals surface area contributed by atoms with E-state index in [1.807, 2.05) is 19.0 Å². The molecule has 0 aliphatic carbocycles. The fourth-order valence-electron chi connectivity index (χ4n) is 2.31. The fraction of sp³-hybridized carbons (Fsp3) is 0.467. The molecule has 0 aromatic carbocycles. The number of likely N-dealkylation sites (tertiary alicyclic amines) is 1. The topological polar surface area (TPSA) is 62.5 Å². The molecule has 1 saturated heterocycles. The highest BCUT2D eigenvalue weighted by molar-refractivity contribution is 5.94. The van der Waals surface area contributed by atoms with Crippen molar-refractivity contribution < 1.29 is 4.79 Å². The predicted molar refractivity (Wildman–Crippen MR) is 78.2 cm³/mol. The minimum absolute atomic E-state index is 0.0262. The van der Waals surface area contributed by atoms with Gasteiger partial charge in [0.05, 0.1) is 12.1 Å². The molecule has 1 aliphatic heterocycles. The van der Waals surface area contributed by atoms with Crippen LogP contribution in [0.4, 0.5) is 0 Å². The van der Waals surface area contributed by atoms with Gasteiger partial charge in [-0.05, 0) is 26.6 Å². The maximum atomic E-state index is 12.4. The van der Waals surface area contributed by atoms with E-state index in [1.54, 1.807) is 18.5 Å². The summed E-state index contributed by atoms with van der Waals surface area (Å²) in [5, 5.41) is 0. The maximum absolute atomic E-state index is 12.4. The molecule has 1 atom stereocenters. The Hall–Kier alpha value is -1.90. The first-order valence-corrected chi connectivity index (χ1v) is 6.71. The summed E-state index contributed by atoms with van der Waals surface area (Å²) in [7, 11) is 4.09. The van der Waals surface area contributed by atoms with Crippen molar-refractivity contribution in [2.24, 2.45) is 5.73 Å². The Balaban J connectivity index is 2.10. The van der Waals surface area contributed by atoms with E-state index in [4.69, 9.17) is 5.73 Å². The first-order chi connectivity index (χ1) is 9.61. The monoisotopic (exact) mass is 272 g/mol. The lowest BCUT2D eigenvalue weighted by Crippen LogP contribution is -2.34. The van der Waals surface area contributed by atoms with Crippen LogP contribution in [0.1, 0.15) is 22.3 Å². The zero-order valence-corrected chi connectivity index (χ0v) is 12.0. The van der Waals surface area contributed by atoms with Crippen LogP contribution in [0.15, 0.2) is 18.5 Å². The van der Waals surface area contributed by atoms with Gasteiger partial charge in [-0.2, -0.15) is 0 Å². The molecule has 1 fully saturated rings. The third-order valence-corrected chi connectivity index (χ3v) is 3.50. The summed E-state index contributed by atoms with van der Waals surface area (Å²) in [5.41, 5.74) is 6.66. The van der Waals surface area contributed by atoms with Gasteiger partial charge in [0, 0.05) is 37.1 Å². The second kappa shape index (κ2) is 6.51. The zero-order valence-electron chi connectivity index (χ0n) is 12.0. The fourth-order valence-corrected chi connectivity index (χ4v) is 2.31. The van der Waals surface area contributed by atoms with Gasteiger partial charge in [0.1, 0.15) is 0 Å². The SMILES string of the molecule is CN(C)C1CCN(C(=O)c2cncc(C#CCN)c2)C1. The Kier molecular flexibility index (Phi) is 4.72. The van der Waals surface area contributed by atoms with Crippen molar-refractivity contribution in [3.05, 3.63) is 29.6 Å². The van der Waals surface area contributed by atoms with E-state index < -0.39 is 0 Å². The molecular formula is C15H20N4O. The van der Waals surface area contributed by atoms with Gasteiger partial charge in [-0.3, -0.25) is 9.78 Å². The number of nitrogens with two attached hydrogens (primary N) is 1. The van der Waals surface area contributed by atoms with Gasteiger partial charge in [-0.1, -0.05) is 11.8 Å². The standard InChI is InChI=1S/C15H20N4O/c1-18(2)14-5-7-19(11-14)15(20)13-8-12(4-3-6-16)9-17-10-13/h8-10,14H,5-7,11,16H2,1-2H3. The predicted octanol–water partition coefficient (Wildman–Crippen LogP) is 0.168. The van der Waals surface area contributed by atoms with Crippen LogP contribution < -0.4 is 5.73 Å². The molecule has 5 heteroatoms. The lowest BCUT2D eigenvalue weighted by Gasteiger charge is -2.20. The normalized spacial score (nSPS) is 18.0. The van der Waals surface area contributed by atoms with Crippen molar-refractivity contribution in [2.75, 3.05) is 33.7 Å². The summed E-state index contributed by atoms with van der Waals surface area (Å²) in [6, 6.07) is 2.22. The number of hydrogen-bond acceptors (Lipinski definition) is 4. The van der Waals surface area contributed by atoms with E-state index in [0.29, 0.717) is 18.2 Å². The second-order valence-electron chi connectivity index (χ2n) is 5.13. The van der Waals surface area contributed by atoms with Crippen LogP contribution in [0.5, 0.6) is 0 Å². The summed E-state index contributed by atoms with van der Waals surface area (Å²) < 4.78 is 0. The molecule has 1 aromatic heterocycles. The summed E-state index contributed by atoms with van der Waals surface area (Å²) in [4.78, 5) is 20.6. The van der Waals surface area contributed by atoms with E-state index in [1.165, 1.54) is 0 Å². The Bertz CT molecular complexity index is 544. The minimum atomic E-state index is 0.0262. The average Bonchev–Trinajstić information content (AvgIpc) is 2.94. The molecule has 0 spiro atoms. The van der Waals surface area contributed by atoms with Gasteiger partial charge < -0.3 is 15.5 Å². The van der Waals surface area contributed by atoms with Crippen LogP contribution in [0, 0.1) is 11.8 Å². The molecule has 0 bridgehead atoms. The Morgan fingerprint density at radius 2 is 2.35 bits per heavy atom. The van der Waals surface area contributed by atoms with Crippen LogP contribution in [0.2, 0.25) is 0 Å². The highest BCUT2D eigenvalue weighted by atomic mass is 16.2. The first-order valence-electron chi connectivity index (χ1n) is 6.71. The number of rotatable bonds is 2. The third-order valence-electron chi connectivity index (χ3n) is 3.50. The second-order valence-corrected chi connectivity index (χ2v) is 5.13. The van der Waals surface area contributed by atoms with E-state index in [0.717, 1.165) is 25.1 Å². The van der Waals surface area contributed by atoms with Crippen LogP contribution in [0.25, 0.3) is 0 Å². The first kappa shape index (κ1) is 14.5. The minimum Gasteiger partial charge on any atom is -0.337 e. The Morgan fingerprint density at radius 1 is 1.55 bits per heavy atom. The highest BCUT2D eigenvalue weighted by Crippen LogP contribution is 2.16. The van der Waals surface area contributed by atoms with Crippen molar-refractivity contribution in [2.45, 2.75) is 12.5 Å². The number of amides is 1. The molecule has 5 nitrogen and oxygen atoms in total. The van der Waals surface area contributed by atoms with E-state index in [2.05, 4.69) is 21.7 Å². The Labute approximate surface area is 119 Å². The molecule has 0 saturated carbocycles. The molecule has 2 heterocycles. The van der Waals surface area contributed by atoms with Crippen molar-refractivity contribution in [1.82, 2.24) is 14.8 Å². The lowest BCUT2D eigenvalue weighted by molar-refractivity contribution is 0.0782. The molecule has 2 rings (SSSR count).